The standard InChI is InChI=1S/C18H13N3O3S/c22-12-3-1-2-10(8-12)15-6-7-16(25-15)17(23)19-11-4-5-13-14(9-11)21-18(24)20-13/h1-9,22H,(H,19,23)(H2,20,21,24). The number of thiophene rings is 1. The Morgan fingerprint density at radius 2 is 1.84 bits per heavy atom. The molecule has 2 aromatic heterocycles. The summed E-state index contributed by atoms with van der Waals surface area (Å²) in [5.74, 6) is -0.0423. The minimum atomic E-state index is -0.285. The Bertz CT molecular complexity index is 1140. The van der Waals surface area contributed by atoms with Crippen molar-refractivity contribution in [2.24, 2.45) is 0 Å². The number of aromatic nitrogens is 2. The van der Waals surface area contributed by atoms with Gasteiger partial charge in [-0.15, -0.1) is 11.3 Å². The summed E-state index contributed by atoms with van der Waals surface area (Å²) < 4.78 is 0. The molecule has 0 aliphatic rings. The number of hydrogen-bond acceptors (Lipinski definition) is 4. The number of carbonyl (C=O) groups is 1. The number of hydrogen-bond donors (Lipinski definition) is 4. The van der Waals surface area contributed by atoms with E-state index in [1.165, 1.54) is 11.3 Å². The average Bonchev–Trinajstić information content (AvgIpc) is 3.20. The maximum atomic E-state index is 12.4. The van der Waals surface area contributed by atoms with Gasteiger partial charge in [0, 0.05) is 10.6 Å². The molecule has 0 aliphatic carbocycles. The van der Waals surface area contributed by atoms with Gasteiger partial charge in [-0.1, -0.05) is 12.1 Å². The molecule has 7 heteroatoms. The SMILES string of the molecule is O=C(Nc1ccc2[nH]c(=O)[nH]c2c1)c1ccc(-c2cccc(O)c2)s1. The van der Waals surface area contributed by atoms with Gasteiger partial charge in [-0.3, -0.25) is 4.79 Å². The fourth-order valence-electron chi connectivity index (χ4n) is 2.58. The summed E-state index contributed by atoms with van der Waals surface area (Å²) in [7, 11) is 0. The van der Waals surface area contributed by atoms with E-state index in [1.54, 1.807) is 42.5 Å². The Kier molecular flexibility index (Phi) is 3.62. The Labute approximate surface area is 145 Å². The summed E-state index contributed by atoms with van der Waals surface area (Å²) >= 11 is 1.34. The molecule has 4 N–H and O–H groups in total. The van der Waals surface area contributed by atoms with Gasteiger partial charge in [-0.2, -0.15) is 0 Å². The first kappa shape index (κ1) is 15.2. The Hall–Kier alpha value is -3.32. The maximum absolute atomic E-state index is 12.4. The molecule has 0 unspecified atom stereocenters. The van der Waals surface area contributed by atoms with E-state index in [-0.39, 0.29) is 17.3 Å². The van der Waals surface area contributed by atoms with Gasteiger partial charge >= 0.3 is 5.69 Å². The second kappa shape index (κ2) is 5.95. The molecule has 4 aromatic rings. The lowest BCUT2D eigenvalue weighted by molar-refractivity contribution is 0.103. The molecule has 4 rings (SSSR count). The van der Waals surface area contributed by atoms with Crippen molar-refractivity contribution in [3.8, 4) is 16.2 Å². The molecule has 2 heterocycles. The zero-order valence-electron chi connectivity index (χ0n) is 12.9. The Balaban J connectivity index is 1.57. The number of H-pyrrole nitrogens is 2. The lowest BCUT2D eigenvalue weighted by atomic mass is 10.2. The molecule has 0 atom stereocenters. The fourth-order valence-corrected chi connectivity index (χ4v) is 3.47. The highest BCUT2D eigenvalue weighted by Crippen LogP contribution is 2.30. The second-order valence-electron chi connectivity index (χ2n) is 5.51. The number of aromatic hydroxyl groups is 1. The molecule has 25 heavy (non-hydrogen) atoms. The Morgan fingerprint density at radius 3 is 2.68 bits per heavy atom. The number of phenolic OH excluding ortho intramolecular Hbond substituents is 1. The zero-order chi connectivity index (χ0) is 17.4. The maximum Gasteiger partial charge on any atom is 0.323 e. The molecule has 0 saturated carbocycles. The molecular formula is C18H13N3O3S. The number of nitrogens with one attached hydrogen (secondary N) is 3. The minimum absolute atomic E-state index is 0.186. The molecule has 0 radical (unpaired) electrons. The lowest BCUT2D eigenvalue weighted by Gasteiger charge is -2.03. The largest absolute Gasteiger partial charge is 0.508 e. The van der Waals surface area contributed by atoms with Crippen LogP contribution in [0.5, 0.6) is 5.75 Å². The number of fused-ring (bicyclic) bond motifs is 1. The first-order valence-electron chi connectivity index (χ1n) is 7.51. The van der Waals surface area contributed by atoms with E-state index in [0.717, 1.165) is 10.4 Å². The highest BCUT2D eigenvalue weighted by atomic mass is 32.1. The van der Waals surface area contributed by atoms with Gasteiger partial charge in [0.15, 0.2) is 0 Å². The zero-order valence-corrected chi connectivity index (χ0v) is 13.7. The van der Waals surface area contributed by atoms with Crippen LogP contribution in [0.1, 0.15) is 9.67 Å². The van der Waals surface area contributed by atoms with Crippen LogP contribution in [-0.4, -0.2) is 21.0 Å². The van der Waals surface area contributed by atoms with E-state index >= 15 is 0 Å². The van der Waals surface area contributed by atoms with E-state index < -0.39 is 0 Å². The highest BCUT2D eigenvalue weighted by molar-refractivity contribution is 7.17. The van der Waals surface area contributed by atoms with Crippen molar-refractivity contribution in [3.63, 3.8) is 0 Å². The van der Waals surface area contributed by atoms with Gasteiger partial charge in [0.1, 0.15) is 5.75 Å². The summed E-state index contributed by atoms with van der Waals surface area (Å²) in [6.07, 6.45) is 0. The Morgan fingerprint density at radius 1 is 1.00 bits per heavy atom. The molecule has 0 spiro atoms. The summed E-state index contributed by atoms with van der Waals surface area (Å²) in [5, 5.41) is 12.4. The van der Waals surface area contributed by atoms with Crippen molar-refractivity contribution in [3.05, 3.63) is 70.0 Å². The van der Waals surface area contributed by atoms with Gasteiger partial charge < -0.3 is 20.4 Å². The summed E-state index contributed by atoms with van der Waals surface area (Å²) in [6.45, 7) is 0. The first-order chi connectivity index (χ1) is 12.1. The number of benzene rings is 2. The molecule has 124 valence electrons. The number of rotatable bonds is 3. The van der Waals surface area contributed by atoms with Gasteiger partial charge in [0.25, 0.3) is 5.91 Å². The van der Waals surface area contributed by atoms with Crippen LogP contribution in [0.25, 0.3) is 21.5 Å². The third-order valence-electron chi connectivity index (χ3n) is 3.73. The van der Waals surface area contributed by atoms with E-state index in [0.29, 0.717) is 21.6 Å². The topological polar surface area (TPSA) is 98.0 Å². The number of phenols is 1. The average molecular weight is 351 g/mol. The minimum Gasteiger partial charge on any atom is -0.508 e. The number of imidazole rings is 1. The van der Waals surface area contributed by atoms with E-state index in [1.807, 2.05) is 12.1 Å². The second-order valence-corrected chi connectivity index (χ2v) is 6.59. The third kappa shape index (κ3) is 3.05. The fraction of sp³-hybridized carbons (Fsp3) is 0. The predicted molar refractivity (Wildman–Crippen MR) is 98.3 cm³/mol. The summed E-state index contributed by atoms with van der Waals surface area (Å²) in [6, 6.07) is 15.7. The molecule has 2 aromatic carbocycles. The lowest BCUT2D eigenvalue weighted by Crippen LogP contribution is -2.09. The van der Waals surface area contributed by atoms with E-state index in [2.05, 4.69) is 15.3 Å². The van der Waals surface area contributed by atoms with Gasteiger partial charge in [-0.25, -0.2) is 4.79 Å². The van der Waals surface area contributed by atoms with Crippen LogP contribution in [0, 0.1) is 0 Å². The van der Waals surface area contributed by atoms with Crippen molar-refractivity contribution >= 4 is 34.0 Å². The van der Waals surface area contributed by atoms with Crippen LogP contribution in [0.4, 0.5) is 5.69 Å². The van der Waals surface area contributed by atoms with Gasteiger partial charge in [-0.05, 0) is 48.0 Å². The van der Waals surface area contributed by atoms with Crippen LogP contribution < -0.4 is 11.0 Å². The number of carbonyl (C=O) groups excluding carboxylic acids is 1. The number of aromatic amines is 2. The van der Waals surface area contributed by atoms with Crippen molar-refractivity contribution in [2.45, 2.75) is 0 Å². The van der Waals surface area contributed by atoms with Crippen LogP contribution in [-0.2, 0) is 0 Å². The molecule has 0 saturated heterocycles. The first-order valence-corrected chi connectivity index (χ1v) is 8.33. The van der Waals surface area contributed by atoms with Crippen molar-refractivity contribution in [1.82, 2.24) is 9.97 Å². The predicted octanol–water partition coefficient (Wildman–Crippen LogP) is 3.54. The van der Waals surface area contributed by atoms with Crippen LogP contribution in [0.2, 0.25) is 0 Å². The number of amides is 1. The molecule has 0 aliphatic heterocycles. The molecular weight excluding hydrogens is 338 g/mol. The summed E-state index contributed by atoms with van der Waals surface area (Å²) in [5.41, 5.74) is 2.49. The van der Waals surface area contributed by atoms with Crippen LogP contribution in [0.3, 0.4) is 0 Å². The van der Waals surface area contributed by atoms with Gasteiger partial charge in [0.05, 0.1) is 15.9 Å². The van der Waals surface area contributed by atoms with Crippen molar-refractivity contribution in [1.29, 1.82) is 0 Å². The molecule has 1 amide bonds. The quantitative estimate of drug-likeness (QED) is 0.454. The van der Waals surface area contributed by atoms with Crippen molar-refractivity contribution in [2.75, 3.05) is 5.32 Å². The van der Waals surface area contributed by atoms with Crippen LogP contribution in [0.15, 0.2) is 59.4 Å². The highest BCUT2D eigenvalue weighted by Gasteiger charge is 2.11. The smallest absolute Gasteiger partial charge is 0.323 e. The van der Waals surface area contributed by atoms with E-state index in [4.69, 9.17) is 0 Å². The molecule has 0 bridgehead atoms. The molecule has 6 nitrogen and oxygen atoms in total. The third-order valence-corrected chi connectivity index (χ3v) is 4.87. The van der Waals surface area contributed by atoms with Crippen LogP contribution >= 0.6 is 11.3 Å². The van der Waals surface area contributed by atoms with Gasteiger partial charge in [0.2, 0.25) is 0 Å². The number of anilines is 1. The van der Waals surface area contributed by atoms with Crippen molar-refractivity contribution < 1.29 is 9.90 Å². The molecule has 0 fully saturated rings. The summed E-state index contributed by atoms with van der Waals surface area (Å²) in [4.78, 5) is 30.5. The van der Waals surface area contributed by atoms with E-state index in [9.17, 15) is 14.7 Å². The normalized spacial score (nSPS) is 10.9. The monoisotopic (exact) mass is 351 g/mol.